The minimum atomic E-state index is -0.478. The summed E-state index contributed by atoms with van der Waals surface area (Å²) in [6.07, 6.45) is 6.71. The molecule has 0 aromatic carbocycles. The average Bonchev–Trinajstić information content (AvgIpc) is 3.04. The van der Waals surface area contributed by atoms with Crippen LogP contribution in [0, 0.1) is 22.7 Å². The van der Waals surface area contributed by atoms with Crippen LogP contribution in [0.2, 0.25) is 0 Å². The van der Waals surface area contributed by atoms with Crippen molar-refractivity contribution in [1.82, 2.24) is 0 Å². The number of cyclic esters (lactones) is 1. The average molecular weight is 348 g/mol. The minimum absolute atomic E-state index is 0.00171. The topological polar surface area (TPSA) is 76.0 Å². The maximum atomic E-state index is 11.9. The van der Waals surface area contributed by atoms with Crippen LogP contribution in [0.4, 0.5) is 0 Å². The third kappa shape index (κ3) is 2.43. The second-order valence-corrected chi connectivity index (χ2v) is 8.64. The van der Waals surface area contributed by atoms with Gasteiger partial charge in [-0.1, -0.05) is 19.9 Å². The van der Waals surface area contributed by atoms with Gasteiger partial charge < -0.3 is 19.7 Å². The summed E-state index contributed by atoms with van der Waals surface area (Å²) in [6, 6.07) is 0. The first-order chi connectivity index (χ1) is 11.9. The normalized spacial score (nSPS) is 46.6. The molecule has 0 unspecified atom stereocenters. The third-order valence-corrected chi connectivity index (χ3v) is 7.51. The van der Waals surface area contributed by atoms with Gasteiger partial charge in [-0.2, -0.15) is 0 Å². The molecule has 25 heavy (non-hydrogen) atoms. The van der Waals surface area contributed by atoms with Crippen LogP contribution in [0.3, 0.4) is 0 Å². The summed E-state index contributed by atoms with van der Waals surface area (Å²) >= 11 is 0. The fraction of sp³-hybridized carbons (Fsp3) is 0.750. The van der Waals surface area contributed by atoms with E-state index in [0.29, 0.717) is 31.1 Å². The van der Waals surface area contributed by atoms with Gasteiger partial charge in [-0.3, -0.25) is 0 Å². The standard InChI is InChI=1S/C20H28O5/c1-19-7-5-17(22)20(2,11-21)16(19)4-3-12-10-25-15(9-14(12)19)13-6-8-24-18(13)23/h3,6,14-17,21-22H,4-5,7-11H2,1-2H3/t14-,15-,16+,17-,19+,20+/m1/s1. The molecule has 1 saturated heterocycles. The Hall–Kier alpha value is -1.17. The van der Waals surface area contributed by atoms with E-state index in [1.54, 1.807) is 0 Å². The smallest absolute Gasteiger partial charge is 0.336 e. The highest BCUT2D eigenvalue weighted by atomic mass is 16.5. The summed E-state index contributed by atoms with van der Waals surface area (Å²) < 4.78 is 11.0. The van der Waals surface area contributed by atoms with Crippen molar-refractivity contribution in [3.63, 3.8) is 0 Å². The van der Waals surface area contributed by atoms with Gasteiger partial charge in [0, 0.05) is 5.41 Å². The highest BCUT2D eigenvalue weighted by Gasteiger charge is 2.58. The highest BCUT2D eigenvalue weighted by molar-refractivity contribution is 5.91. The van der Waals surface area contributed by atoms with Crippen LogP contribution in [-0.2, 0) is 14.3 Å². The lowest BCUT2D eigenvalue weighted by atomic mass is 9.46. The van der Waals surface area contributed by atoms with Crippen LogP contribution in [0.25, 0.3) is 0 Å². The number of fused-ring (bicyclic) bond motifs is 3. The van der Waals surface area contributed by atoms with E-state index in [9.17, 15) is 15.0 Å². The molecule has 2 aliphatic heterocycles. The second kappa shape index (κ2) is 5.93. The number of aliphatic hydroxyl groups excluding tert-OH is 2. The number of carbonyl (C=O) groups is 1. The molecular weight excluding hydrogens is 320 g/mol. The third-order valence-electron chi connectivity index (χ3n) is 7.51. The Morgan fingerprint density at radius 1 is 1.32 bits per heavy atom. The van der Waals surface area contributed by atoms with E-state index in [1.807, 2.05) is 13.0 Å². The Bertz CT molecular complexity index is 638. The van der Waals surface area contributed by atoms with Gasteiger partial charge in [-0.05, 0) is 54.6 Å². The number of aliphatic hydroxyl groups is 2. The monoisotopic (exact) mass is 348 g/mol. The van der Waals surface area contributed by atoms with Crippen LogP contribution < -0.4 is 0 Å². The number of rotatable bonds is 2. The molecule has 2 N–H and O–H groups in total. The van der Waals surface area contributed by atoms with Crippen LogP contribution in [0.15, 0.2) is 23.3 Å². The SMILES string of the molecule is C[C@]1(CO)[C@H]2CC=C3CO[C@@H](C4=CCOC4=O)C[C@H]3[C@]2(C)CC[C@H]1O. The summed E-state index contributed by atoms with van der Waals surface area (Å²) in [6.45, 7) is 5.23. The Balaban J connectivity index is 1.66. The zero-order chi connectivity index (χ0) is 17.8. The van der Waals surface area contributed by atoms with E-state index in [4.69, 9.17) is 9.47 Å². The first-order valence-corrected chi connectivity index (χ1v) is 9.37. The van der Waals surface area contributed by atoms with Crippen LogP contribution in [0.1, 0.15) is 39.5 Å². The molecule has 2 aliphatic carbocycles. The van der Waals surface area contributed by atoms with Crippen LogP contribution in [-0.4, -0.2) is 48.2 Å². The summed E-state index contributed by atoms with van der Waals surface area (Å²) in [5.41, 5.74) is 1.50. The summed E-state index contributed by atoms with van der Waals surface area (Å²) in [5, 5.41) is 20.6. The number of esters is 1. The molecule has 2 fully saturated rings. The molecule has 0 radical (unpaired) electrons. The van der Waals surface area contributed by atoms with Gasteiger partial charge in [0.25, 0.3) is 0 Å². The Morgan fingerprint density at radius 3 is 2.80 bits per heavy atom. The molecule has 4 aliphatic rings. The number of allylic oxidation sites excluding steroid dienone is 1. The molecule has 1 saturated carbocycles. The predicted molar refractivity (Wildman–Crippen MR) is 91.6 cm³/mol. The Morgan fingerprint density at radius 2 is 2.12 bits per heavy atom. The molecular formula is C20H28O5. The summed E-state index contributed by atoms with van der Waals surface area (Å²) in [5.74, 6) is 0.289. The molecule has 5 heteroatoms. The summed E-state index contributed by atoms with van der Waals surface area (Å²) in [7, 11) is 0. The van der Waals surface area contributed by atoms with Crippen molar-refractivity contribution < 1.29 is 24.5 Å². The fourth-order valence-electron chi connectivity index (χ4n) is 5.86. The van der Waals surface area contributed by atoms with Gasteiger partial charge in [0.1, 0.15) is 6.61 Å². The van der Waals surface area contributed by atoms with Crippen LogP contribution >= 0.6 is 0 Å². The van der Waals surface area contributed by atoms with E-state index >= 15 is 0 Å². The van der Waals surface area contributed by atoms with Gasteiger partial charge in [0.2, 0.25) is 0 Å². The molecule has 0 bridgehead atoms. The van der Waals surface area contributed by atoms with Gasteiger partial charge in [-0.25, -0.2) is 4.79 Å². The zero-order valence-corrected chi connectivity index (χ0v) is 15.0. The molecule has 0 spiro atoms. The molecule has 6 atom stereocenters. The number of ether oxygens (including phenoxy) is 2. The first-order valence-electron chi connectivity index (χ1n) is 9.37. The number of hydrogen-bond acceptors (Lipinski definition) is 5. The molecule has 0 amide bonds. The first kappa shape index (κ1) is 17.3. The number of hydrogen-bond donors (Lipinski definition) is 2. The van der Waals surface area contributed by atoms with Gasteiger partial charge >= 0.3 is 5.97 Å². The largest absolute Gasteiger partial charge is 0.458 e. The molecule has 138 valence electrons. The molecule has 4 rings (SSSR count). The lowest BCUT2D eigenvalue weighted by Crippen LogP contribution is -2.58. The minimum Gasteiger partial charge on any atom is -0.458 e. The van der Waals surface area contributed by atoms with Crippen molar-refractivity contribution >= 4 is 5.97 Å². The van der Waals surface area contributed by atoms with E-state index < -0.39 is 11.5 Å². The van der Waals surface area contributed by atoms with Crippen molar-refractivity contribution in [2.75, 3.05) is 19.8 Å². The van der Waals surface area contributed by atoms with Gasteiger partial charge in [0.05, 0.1) is 31.0 Å². The fourth-order valence-corrected chi connectivity index (χ4v) is 5.86. The Kier molecular flexibility index (Phi) is 4.09. The van der Waals surface area contributed by atoms with Crippen LogP contribution in [0.5, 0.6) is 0 Å². The highest BCUT2D eigenvalue weighted by Crippen LogP contribution is 2.61. The quantitative estimate of drug-likeness (QED) is 0.589. The van der Waals surface area contributed by atoms with E-state index in [-0.39, 0.29) is 30.0 Å². The van der Waals surface area contributed by atoms with Crippen molar-refractivity contribution in [2.24, 2.45) is 22.7 Å². The van der Waals surface area contributed by atoms with Crippen molar-refractivity contribution in [2.45, 2.75) is 51.7 Å². The maximum Gasteiger partial charge on any atom is 0.336 e. The molecule has 2 heterocycles. The van der Waals surface area contributed by atoms with Gasteiger partial charge in [0.15, 0.2) is 0 Å². The molecule has 0 aromatic heterocycles. The Labute approximate surface area is 148 Å². The maximum absolute atomic E-state index is 11.9. The zero-order valence-electron chi connectivity index (χ0n) is 15.0. The summed E-state index contributed by atoms with van der Waals surface area (Å²) in [4.78, 5) is 11.9. The lowest BCUT2D eigenvalue weighted by molar-refractivity contribution is -0.155. The lowest BCUT2D eigenvalue weighted by Gasteiger charge is -2.60. The van der Waals surface area contributed by atoms with E-state index in [2.05, 4.69) is 13.0 Å². The van der Waals surface area contributed by atoms with E-state index in [1.165, 1.54) is 5.57 Å². The van der Waals surface area contributed by atoms with Gasteiger partial charge in [-0.15, -0.1) is 0 Å². The molecule has 0 aromatic rings. The van der Waals surface area contributed by atoms with E-state index in [0.717, 1.165) is 19.3 Å². The number of carbonyl (C=O) groups excluding carboxylic acids is 1. The predicted octanol–water partition coefficient (Wildman–Crippen LogP) is 1.98. The van der Waals surface area contributed by atoms with Crippen molar-refractivity contribution in [3.05, 3.63) is 23.3 Å². The van der Waals surface area contributed by atoms with Crippen molar-refractivity contribution in [3.8, 4) is 0 Å². The van der Waals surface area contributed by atoms with Crippen molar-refractivity contribution in [1.29, 1.82) is 0 Å². The second-order valence-electron chi connectivity index (χ2n) is 8.64. The molecule has 5 nitrogen and oxygen atoms in total.